The van der Waals surface area contributed by atoms with Crippen LogP contribution < -0.4 is 5.32 Å². The van der Waals surface area contributed by atoms with E-state index < -0.39 is 12.6 Å². The van der Waals surface area contributed by atoms with E-state index in [1.165, 1.54) is 19.3 Å². The highest BCUT2D eigenvalue weighted by Gasteiger charge is 2.30. The number of nitrogens with one attached hydrogen (secondary N) is 1. The number of rotatable bonds is 6. The Morgan fingerprint density at radius 2 is 2.00 bits per heavy atom. The molecule has 3 atom stereocenters. The van der Waals surface area contributed by atoms with Crippen molar-refractivity contribution < 1.29 is 13.2 Å². The fourth-order valence-corrected chi connectivity index (χ4v) is 2.91. The van der Waals surface area contributed by atoms with Gasteiger partial charge in [-0.15, -0.1) is 0 Å². The lowest BCUT2D eigenvalue weighted by Gasteiger charge is -2.24. The van der Waals surface area contributed by atoms with Gasteiger partial charge >= 0.3 is 6.18 Å². The largest absolute Gasteiger partial charge is 0.389 e. The van der Waals surface area contributed by atoms with Gasteiger partial charge in [0.25, 0.3) is 0 Å². The predicted molar refractivity (Wildman–Crippen MR) is 63.9 cm³/mol. The molecule has 1 aliphatic rings. The molecule has 0 aromatic heterocycles. The summed E-state index contributed by atoms with van der Waals surface area (Å²) < 4.78 is 36.3. The van der Waals surface area contributed by atoms with Crippen molar-refractivity contribution in [3.8, 4) is 0 Å². The highest BCUT2D eigenvalue weighted by atomic mass is 19.4. The number of alkyl halides is 3. The van der Waals surface area contributed by atoms with Crippen LogP contribution in [0.2, 0.25) is 0 Å². The molecule has 0 aromatic carbocycles. The van der Waals surface area contributed by atoms with Gasteiger partial charge in [-0.05, 0) is 44.1 Å². The van der Waals surface area contributed by atoms with Crippen LogP contribution in [0.15, 0.2) is 0 Å². The molecule has 0 heterocycles. The van der Waals surface area contributed by atoms with Crippen LogP contribution >= 0.6 is 0 Å². The molecule has 0 bridgehead atoms. The molecule has 17 heavy (non-hydrogen) atoms. The van der Waals surface area contributed by atoms with Gasteiger partial charge in [-0.1, -0.05) is 20.3 Å². The van der Waals surface area contributed by atoms with Gasteiger partial charge in [0.2, 0.25) is 0 Å². The predicted octanol–water partition coefficient (Wildman–Crippen LogP) is 4.13. The Hall–Kier alpha value is -0.250. The van der Waals surface area contributed by atoms with E-state index in [1.54, 1.807) is 0 Å². The Bertz CT molecular complexity index is 215. The summed E-state index contributed by atoms with van der Waals surface area (Å²) in [7, 11) is 0. The van der Waals surface area contributed by atoms with E-state index >= 15 is 0 Å². The molecule has 1 saturated carbocycles. The van der Waals surface area contributed by atoms with Crippen molar-refractivity contribution in [3.05, 3.63) is 0 Å². The lowest BCUT2D eigenvalue weighted by molar-refractivity contribution is -0.136. The third kappa shape index (κ3) is 5.75. The molecule has 3 unspecified atom stereocenters. The van der Waals surface area contributed by atoms with Gasteiger partial charge in [-0.25, -0.2) is 0 Å². The second-order valence-electron chi connectivity index (χ2n) is 5.35. The van der Waals surface area contributed by atoms with E-state index in [-0.39, 0.29) is 12.5 Å². The van der Waals surface area contributed by atoms with Crippen molar-refractivity contribution >= 4 is 0 Å². The average molecular weight is 251 g/mol. The molecular formula is C13H24F3N. The summed E-state index contributed by atoms with van der Waals surface area (Å²) in [4.78, 5) is 0. The maximum Gasteiger partial charge on any atom is 0.389 e. The lowest BCUT2D eigenvalue weighted by Crippen LogP contribution is -2.35. The van der Waals surface area contributed by atoms with E-state index in [1.807, 2.05) is 6.92 Å². The van der Waals surface area contributed by atoms with Crippen LogP contribution in [0.4, 0.5) is 13.2 Å². The summed E-state index contributed by atoms with van der Waals surface area (Å²) >= 11 is 0. The number of halogens is 3. The van der Waals surface area contributed by atoms with Gasteiger partial charge in [0.15, 0.2) is 0 Å². The molecule has 1 fully saturated rings. The van der Waals surface area contributed by atoms with Gasteiger partial charge in [0, 0.05) is 12.5 Å². The molecule has 1 aliphatic carbocycles. The summed E-state index contributed by atoms with van der Waals surface area (Å²) in [5.74, 6) is 1.32. The van der Waals surface area contributed by atoms with Crippen molar-refractivity contribution in [2.75, 3.05) is 6.54 Å². The molecular weight excluding hydrogens is 227 g/mol. The van der Waals surface area contributed by atoms with E-state index in [9.17, 15) is 13.2 Å². The van der Waals surface area contributed by atoms with Crippen LogP contribution in [0, 0.1) is 11.8 Å². The quantitative estimate of drug-likeness (QED) is 0.748. The normalized spacial score (nSPS) is 27.4. The molecule has 0 saturated heterocycles. The Kier molecular flexibility index (Phi) is 5.77. The molecule has 0 spiro atoms. The summed E-state index contributed by atoms with van der Waals surface area (Å²) in [6.07, 6.45) is -0.159. The summed E-state index contributed by atoms with van der Waals surface area (Å²) in [5.41, 5.74) is 0. The molecule has 102 valence electrons. The van der Waals surface area contributed by atoms with Crippen LogP contribution in [-0.4, -0.2) is 18.8 Å². The van der Waals surface area contributed by atoms with E-state index in [2.05, 4.69) is 12.2 Å². The van der Waals surface area contributed by atoms with Gasteiger partial charge in [-0.2, -0.15) is 13.2 Å². The van der Waals surface area contributed by atoms with Crippen LogP contribution in [0.3, 0.4) is 0 Å². The van der Waals surface area contributed by atoms with Gasteiger partial charge in [0.1, 0.15) is 0 Å². The Morgan fingerprint density at radius 1 is 1.29 bits per heavy atom. The van der Waals surface area contributed by atoms with Gasteiger partial charge in [0.05, 0.1) is 0 Å². The minimum atomic E-state index is -4.00. The van der Waals surface area contributed by atoms with Crippen molar-refractivity contribution in [3.63, 3.8) is 0 Å². The first kappa shape index (κ1) is 14.8. The molecule has 4 heteroatoms. The summed E-state index contributed by atoms with van der Waals surface area (Å²) in [6, 6.07) is 0.285. The van der Waals surface area contributed by atoms with Crippen molar-refractivity contribution in [1.82, 2.24) is 5.32 Å². The SMILES string of the molecule is CCNC(CCCC(F)(F)F)C1CCC(C)C1. The van der Waals surface area contributed by atoms with Crippen LogP contribution in [0.5, 0.6) is 0 Å². The molecule has 0 radical (unpaired) electrons. The van der Waals surface area contributed by atoms with Gasteiger partial charge < -0.3 is 5.32 Å². The topological polar surface area (TPSA) is 12.0 Å². The van der Waals surface area contributed by atoms with E-state index in [4.69, 9.17) is 0 Å². The Labute approximate surface area is 102 Å². The standard InChI is InChI=1S/C13H24F3N/c1-3-17-12(5-4-8-13(14,15)16)11-7-6-10(2)9-11/h10-12,17H,3-9H2,1-2H3. The smallest absolute Gasteiger partial charge is 0.314 e. The average Bonchev–Trinajstić information content (AvgIpc) is 2.62. The molecule has 0 aliphatic heterocycles. The fraction of sp³-hybridized carbons (Fsp3) is 1.00. The van der Waals surface area contributed by atoms with Crippen LogP contribution in [0.25, 0.3) is 0 Å². The first-order valence-electron chi connectivity index (χ1n) is 6.72. The minimum absolute atomic E-state index is 0.256. The van der Waals surface area contributed by atoms with E-state index in [0.717, 1.165) is 12.5 Å². The van der Waals surface area contributed by atoms with Crippen molar-refractivity contribution in [2.45, 2.75) is 64.6 Å². The molecule has 1 N–H and O–H groups in total. The third-order valence-electron chi connectivity index (χ3n) is 3.75. The second-order valence-corrected chi connectivity index (χ2v) is 5.35. The zero-order valence-electron chi connectivity index (χ0n) is 10.8. The van der Waals surface area contributed by atoms with Crippen molar-refractivity contribution in [2.24, 2.45) is 11.8 Å². The highest BCUT2D eigenvalue weighted by Crippen LogP contribution is 2.34. The first-order chi connectivity index (χ1) is 7.92. The van der Waals surface area contributed by atoms with E-state index in [0.29, 0.717) is 12.3 Å². The zero-order chi connectivity index (χ0) is 12.9. The highest BCUT2D eigenvalue weighted by molar-refractivity contribution is 4.83. The number of hydrogen-bond donors (Lipinski definition) is 1. The maximum atomic E-state index is 12.1. The van der Waals surface area contributed by atoms with Crippen LogP contribution in [-0.2, 0) is 0 Å². The maximum absolute atomic E-state index is 12.1. The summed E-state index contributed by atoms with van der Waals surface area (Å²) in [5, 5.41) is 3.36. The fourth-order valence-electron chi connectivity index (χ4n) is 2.91. The monoisotopic (exact) mass is 251 g/mol. The third-order valence-corrected chi connectivity index (χ3v) is 3.75. The summed E-state index contributed by atoms with van der Waals surface area (Å²) in [6.45, 7) is 5.11. The second kappa shape index (κ2) is 6.62. The first-order valence-corrected chi connectivity index (χ1v) is 6.72. The van der Waals surface area contributed by atoms with Crippen LogP contribution in [0.1, 0.15) is 52.4 Å². The lowest BCUT2D eigenvalue weighted by atomic mass is 9.92. The molecule has 0 amide bonds. The molecule has 1 rings (SSSR count). The van der Waals surface area contributed by atoms with Gasteiger partial charge in [-0.3, -0.25) is 0 Å². The van der Waals surface area contributed by atoms with Crippen molar-refractivity contribution in [1.29, 1.82) is 0 Å². The molecule has 0 aromatic rings. The number of hydrogen-bond acceptors (Lipinski definition) is 1. The Morgan fingerprint density at radius 3 is 2.47 bits per heavy atom. The Balaban J connectivity index is 2.33. The molecule has 1 nitrogen and oxygen atoms in total. The minimum Gasteiger partial charge on any atom is -0.314 e. The zero-order valence-corrected chi connectivity index (χ0v) is 10.8.